The third-order valence-corrected chi connectivity index (χ3v) is 8.70. The maximum atomic E-state index is 15.7. The molecule has 5 rings (SSSR count). The van der Waals surface area contributed by atoms with Crippen LogP contribution in [0.3, 0.4) is 0 Å². The zero-order valence-electron chi connectivity index (χ0n) is 20.1. The van der Waals surface area contributed by atoms with Crippen LogP contribution in [0.5, 0.6) is 0 Å². The monoisotopic (exact) mass is 547 g/mol. The highest BCUT2D eigenvalue weighted by Gasteiger charge is 2.72. The Bertz CT molecular complexity index is 1270. The van der Waals surface area contributed by atoms with Crippen molar-refractivity contribution in [1.29, 1.82) is 0 Å². The fourth-order valence-corrected chi connectivity index (χ4v) is 7.13. The Morgan fingerprint density at radius 2 is 1.89 bits per heavy atom. The highest BCUT2D eigenvalue weighted by molar-refractivity contribution is 6.31. The van der Waals surface area contributed by atoms with E-state index in [0.717, 1.165) is 19.3 Å². The number of carbonyl (C=O) groups is 3. The van der Waals surface area contributed by atoms with Gasteiger partial charge in [-0.05, 0) is 48.6 Å². The van der Waals surface area contributed by atoms with E-state index >= 15 is 4.39 Å². The lowest BCUT2D eigenvalue weighted by Crippen LogP contribution is -2.60. The van der Waals surface area contributed by atoms with Crippen LogP contribution in [0.1, 0.15) is 62.0 Å². The summed E-state index contributed by atoms with van der Waals surface area (Å²) in [5.41, 5.74) is -0.675. The molecule has 1 unspecified atom stereocenters. The van der Waals surface area contributed by atoms with Crippen LogP contribution in [0, 0.1) is 5.82 Å². The van der Waals surface area contributed by atoms with E-state index in [2.05, 4.69) is 16.0 Å². The number of anilines is 1. The van der Waals surface area contributed by atoms with Gasteiger partial charge in [0.1, 0.15) is 11.2 Å². The van der Waals surface area contributed by atoms with Gasteiger partial charge in [0.25, 0.3) is 0 Å². The number of nitrogens with one attached hydrogen (secondary N) is 3. The second-order valence-corrected chi connectivity index (χ2v) is 11.0. The first-order valence-corrected chi connectivity index (χ1v) is 13.3. The van der Waals surface area contributed by atoms with Crippen LogP contribution in [0.25, 0.3) is 0 Å². The fraction of sp³-hybridized carbons (Fsp3) is 0.444. The van der Waals surface area contributed by atoms with Gasteiger partial charge < -0.3 is 15.7 Å². The molecule has 0 radical (unpaired) electrons. The first-order chi connectivity index (χ1) is 17.7. The maximum Gasteiger partial charge on any atom is 0.303 e. The number of carbonyl (C=O) groups excluding carboxylic acids is 2. The molecule has 2 aliphatic heterocycles. The summed E-state index contributed by atoms with van der Waals surface area (Å²) in [5, 5.41) is 18.7. The fourth-order valence-electron chi connectivity index (χ4n) is 6.78. The molecule has 2 heterocycles. The SMILES string of the molecule is O=C(O)CCCNC(=O)[C@@H]1NC2(CCCCC2)[C@@]2(C(=O)Nc3cc(Cl)ccc32)C1c1cccc(Cl)c1F. The van der Waals surface area contributed by atoms with Crippen LogP contribution < -0.4 is 16.0 Å². The highest BCUT2D eigenvalue weighted by Crippen LogP contribution is 2.62. The predicted molar refractivity (Wildman–Crippen MR) is 139 cm³/mol. The van der Waals surface area contributed by atoms with Crippen LogP contribution in [-0.4, -0.2) is 41.0 Å². The van der Waals surface area contributed by atoms with Gasteiger partial charge >= 0.3 is 5.97 Å². The van der Waals surface area contributed by atoms with Crippen molar-refractivity contribution in [2.24, 2.45) is 0 Å². The van der Waals surface area contributed by atoms with Gasteiger partial charge in [0.15, 0.2) is 0 Å². The molecule has 2 aromatic rings. The van der Waals surface area contributed by atoms with E-state index in [1.54, 1.807) is 30.3 Å². The van der Waals surface area contributed by atoms with E-state index in [-0.39, 0.29) is 35.9 Å². The molecule has 37 heavy (non-hydrogen) atoms. The Balaban J connectivity index is 1.69. The maximum absolute atomic E-state index is 15.7. The van der Waals surface area contributed by atoms with Crippen LogP contribution >= 0.6 is 23.2 Å². The second kappa shape index (κ2) is 9.89. The van der Waals surface area contributed by atoms with Gasteiger partial charge in [0, 0.05) is 35.1 Å². The molecule has 3 aliphatic rings. The molecule has 7 nitrogen and oxygen atoms in total. The molecule has 2 aromatic carbocycles. The Kier molecular flexibility index (Phi) is 6.94. The Labute approximate surface area is 224 Å². The lowest BCUT2D eigenvalue weighted by Gasteiger charge is -2.47. The van der Waals surface area contributed by atoms with Crippen molar-refractivity contribution in [2.45, 2.75) is 67.9 Å². The molecular weight excluding hydrogens is 520 g/mol. The molecule has 196 valence electrons. The molecule has 1 saturated carbocycles. The van der Waals surface area contributed by atoms with Crippen molar-refractivity contribution in [2.75, 3.05) is 11.9 Å². The van der Waals surface area contributed by atoms with Crippen molar-refractivity contribution in [1.82, 2.24) is 10.6 Å². The van der Waals surface area contributed by atoms with Crippen LogP contribution in [0.2, 0.25) is 10.0 Å². The molecule has 4 N–H and O–H groups in total. The molecule has 1 aliphatic carbocycles. The molecule has 2 spiro atoms. The van der Waals surface area contributed by atoms with Crippen molar-refractivity contribution < 1.29 is 23.9 Å². The topological polar surface area (TPSA) is 108 Å². The molecule has 0 bridgehead atoms. The van der Waals surface area contributed by atoms with E-state index in [1.807, 2.05) is 0 Å². The molecule has 2 amide bonds. The first kappa shape index (κ1) is 25.9. The molecule has 1 saturated heterocycles. The van der Waals surface area contributed by atoms with Crippen molar-refractivity contribution in [3.05, 3.63) is 63.4 Å². The highest BCUT2D eigenvalue weighted by atomic mass is 35.5. The second-order valence-electron chi connectivity index (χ2n) is 10.1. The summed E-state index contributed by atoms with van der Waals surface area (Å²) in [6.45, 7) is 0.145. The summed E-state index contributed by atoms with van der Waals surface area (Å²) in [6.07, 6.45) is 4.12. The lowest BCUT2D eigenvalue weighted by molar-refractivity contribution is -0.137. The molecule has 10 heteroatoms. The zero-order valence-corrected chi connectivity index (χ0v) is 21.6. The van der Waals surface area contributed by atoms with Gasteiger partial charge in [0.05, 0.1) is 11.1 Å². The van der Waals surface area contributed by atoms with Gasteiger partial charge in [-0.1, -0.05) is 60.7 Å². The van der Waals surface area contributed by atoms with Gasteiger partial charge in [0.2, 0.25) is 11.8 Å². The summed E-state index contributed by atoms with van der Waals surface area (Å²) in [4.78, 5) is 38.8. The van der Waals surface area contributed by atoms with E-state index < -0.39 is 40.6 Å². The minimum atomic E-state index is -1.29. The summed E-state index contributed by atoms with van der Waals surface area (Å²) < 4.78 is 15.7. The largest absolute Gasteiger partial charge is 0.481 e. The van der Waals surface area contributed by atoms with Gasteiger partial charge in [-0.2, -0.15) is 0 Å². The van der Waals surface area contributed by atoms with Crippen LogP contribution in [0.4, 0.5) is 10.1 Å². The van der Waals surface area contributed by atoms with Crippen molar-refractivity contribution in [3.8, 4) is 0 Å². The number of fused-ring (bicyclic) bond motifs is 3. The summed E-state index contributed by atoms with van der Waals surface area (Å²) in [5.74, 6) is -3.24. The first-order valence-electron chi connectivity index (χ1n) is 12.5. The summed E-state index contributed by atoms with van der Waals surface area (Å²) in [7, 11) is 0. The van der Waals surface area contributed by atoms with E-state index in [4.69, 9.17) is 28.3 Å². The summed E-state index contributed by atoms with van der Waals surface area (Å²) >= 11 is 12.5. The smallest absolute Gasteiger partial charge is 0.303 e. The number of hydrogen-bond acceptors (Lipinski definition) is 4. The van der Waals surface area contributed by atoms with Gasteiger partial charge in [-0.15, -0.1) is 0 Å². The third-order valence-electron chi connectivity index (χ3n) is 8.17. The van der Waals surface area contributed by atoms with E-state index in [9.17, 15) is 14.4 Å². The van der Waals surface area contributed by atoms with E-state index in [0.29, 0.717) is 29.1 Å². The van der Waals surface area contributed by atoms with Crippen molar-refractivity contribution >= 4 is 46.7 Å². The minimum Gasteiger partial charge on any atom is -0.481 e. The predicted octanol–water partition coefficient (Wildman–Crippen LogP) is 4.76. The quantitative estimate of drug-likeness (QED) is 0.390. The Morgan fingerprint density at radius 1 is 1.14 bits per heavy atom. The number of aliphatic carboxylic acids is 1. The zero-order chi connectivity index (χ0) is 26.4. The number of rotatable bonds is 6. The normalized spacial score (nSPS) is 25.8. The molecular formula is C27H28Cl2FN3O4. The number of carboxylic acid groups (broad SMARTS) is 1. The van der Waals surface area contributed by atoms with Gasteiger partial charge in [-0.3, -0.25) is 19.7 Å². The number of amides is 2. The molecule has 3 atom stereocenters. The number of halogens is 3. The van der Waals surface area contributed by atoms with Gasteiger partial charge in [-0.25, -0.2) is 4.39 Å². The summed E-state index contributed by atoms with van der Waals surface area (Å²) in [6, 6.07) is 8.89. The molecule has 0 aromatic heterocycles. The minimum absolute atomic E-state index is 0.0882. The third kappa shape index (κ3) is 4.10. The Hall–Kier alpha value is -2.68. The molecule has 2 fully saturated rings. The number of hydrogen-bond donors (Lipinski definition) is 4. The Morgan fingerprint density at radius 3 is 2.62 bits per heavy atom. The van der Waals surface area contributed by atoms with Crippen LogP contribution in [-0.2, 0) is 19.8 Å². The lowest BCUT2D eigenvalue weighted by atomic mass is 9.55. The van der Waals surface area contributed by atoms with Crippen LogP contribution in [0.15, 0.2) is 36.4 Å². The standard InChI is InChI=1S/C27H28Cl2FN3O4/c28-15-9-10-17-19(14-15)32-25(37)27(17)21(16-6-4-7-18(29)22(16)30)23(24(36)31-13-5-8-20(34)35)33-26(27)11-2-1-3-12-26/h4,6-7,9-10,14,21,23,33H,1-3,5,8,11-13H2,(H,31,36)(H,32,37)(H,34,35)/t21?,23-,27-/m1/s1. The number of carboxylic acids is 1. The average molecular weight is 548 g/mol. The average Bonchev–Trinajstić information content (AvgIpc) is 3.31. The number of benzene rings is 2. The van der Waals surface area contributed by atoms with E-state index in [1.165, 1.54) is 6.07 Å². The van der Waals surface area contributed by atoms with Crippen molar-refractivity contribution in [3.63, 3.8) is 0 Å².